The third kappa shape index (κ3) is 48.0. The van der Waals surface area contributed by atoms with Gasteiger partial charge in [-0.15, -0.1) is 0 Å². The average Bonchev–Trinajstić information content (AvgIpc) is 0.860. The molecule has 12 aromatic rings. The molecule has 0 fully saturated rings. The fraction of sp³-hybridized carbons (Fsp3) is 0.152. The van der Waals surface area contributed by atoms with Crippen LogP contribution < -0.4 is 0 Å². The summed E-state index contributed by atoms with van der Waals surface area (Å²) in [4.78, 5) is 82.9. The van der Waals surface area contributed by atoms with Crippen LogP contribution in [0.1, 0.15) is 157 Å². The minimum atomic E-state index is -1.50. The molecule has 140 heavy (non-hydrogen) atoms. The lowest BCUT2D eigenvalue weighted by atomic mass is 10.0. The largest absolute Gasteiger partial charge is 0.479 e. The van der Waals surface area contributed by atoms with E-state index in [1.807, 2.05) is 37.3 Å². The van der Waals surface area contributed by atoms with Gasteiger partial charge in [0.25, 0.3) is 0 Å². The van der Waals surface area contributed by atoms with Crippen LogP contribution in [0, 0.1) is 66.1 Å². The minimum absolute atomic E-state index is 0.287. The minimum Gasteiger partial charge on any atom is -0.479 e. The predicted octanol–water partition coefficient (Wildman–Crippen LogP) is 18.9. The van der Waals surface area contributed by atoms with Crippen LogP contribution in [0.25, 0.3) is 0 Å². The molecular weight excluding hydrogens is 2280 g/mol. The summed E-state index contributed by atoms with van der Waals surface area (Å²) in [5.74, 6) is -9.98. The topological polar surface area (TPSA) is 636 Å². The number of hydrogen-bond acceptors (Lipinski definition) is 24. The normalized spacial score (nSPS) is 12.4. The third-order valence-electron chi connectivity index (χ3n) is 17.4. The number of hydrogen-bond donors (Lipinski definition) is 20. The molecule has 4 unspecified atom stereocenters. The molecule has 0 radical (unpaired) electrons. The Morgan fingerprint density at radius 1 is 0.221 bits per heavy atom. The monoisotopic (exact) mass is 2360 g/mol. The summed E-state index contributed by atoms with van der Waals surface area (Å²) in [7, 11) is 0. The van der Waals surface area contributed by atoms with Crippen LogP contribution >= 0.6 is 130 Å². The number of aryl methyl sites for hydroxylation is 3. The van der Waals surface area contributed by atoms with Crippen molar-refractivity contribution < 1.29 is 140 Å². The van der Waals surface area contributed by atoms with Crippen molar-refractivity contribution in [3.8, 4) is 24.3 Å². The van der Waals surface area contributed by atoms with E-state index in [9.17, 15) is 48.6 Å². The molecule has 0 aromatic heterocycles. The first kappa shape index (κ1) is 126. The Balaban J connectivity index is 0.000000764. The van der Waals surface area contributed by atoms with Gasteiger partial charge in [-0.25, -0.2) is 38.4 Å². The molecule has 0 aliphatic heterocycles. The predicted molar refractivity (Wildman–Crippen MR) is 536 cm³/mol. The smallest absolute Gasteiger partial charge is 0.337 e. The van der Waals surface area contributed by atoms with Gasteiger partial charge in [0, 0.05) is 58.6 Å². The van der Waals surface area contributed by atoms with Gasteiger partial charge in [0.05, 0.1) is 24.3 Å². The molecule has 0 heterocycles. The van der Waals surface area contributed by atoms with Gasteiger partial charge in [0.1, 0.15) is 0 Å². The van der Waals surface area contributed by atoms with Gasteiger partial charge in [0.15, 0.2) is 73.2 Å². The lowest BCUT2D eigenvalue weighted by Crippen LogP contribution is -2.11. The number of nitriles is 4. The zero-order chi connectivity index (χ0) is 106. The summed E-state index contributed by atoms with van der Waals surface area (Å²) in [6.07, 6.45) is -15.7. The first-order valence-electron chi connectivity index (χ1n) is 39.4. The lowest BCUT2D eigenvalue weighted by Gasteiger charge is -2.07. The van der Waals surface area contributed by atoms with Crippen molar-refractivity contribution in [2.45, 2.75) is 94.0 Å². The van der Waals surface area contributed by atoms with Gasteiger partial charge >= 0.3 is 47.8 Å². The van der Waals surface area contributed by atoms with Crippen LogP contribution in [0.3, 0.4) is 0 Å². The van der Waals surface area contributed by atoms with Gasteiger partial charge < -0.3 is 102 Å². The Hall–Kier alpha value is -12.4. The average molecular weight is 2370 g/mol. The summed E-state index contributed by atoms with van der Waals surface area (Å²) < 4.78 is 4.32. The van der Waals surface area contributed by atoms with E-state index in [-0.39, 0.29) is 11.1 Å². The molecule has 12 atom stereocenters. The number of carbonyl (C=O) groups is 8. The molecule has 0 spiro atoms. The molecule has 12 aromatic carbocycles. The Kier molecular flexibility index (Phi) is 60.9. The molecule has 736 valence electrons. The highest BCUT2D eigenvalue weighted by Gasteiger charge is 2.24. The highest BCUT2D eigenvalue weighted by atomic mass is 79.9. The standard InChI is InChI=1S/C9H9NO.2C9H10O3.2C8H6BrNO.4C8H7BrO3.C8H6ClNO.2C8H7ClO3/c1-7-4-2-3-5-8(7)9(11)6-10;2*1-6-4-2-3-5-7(6)8(10)9(11)12;9-7-3-1-2-6(4-7)8(11)5-10;9-7-4-2-1-3-6(7)8(11)5-10;2*9-6-3-1-2-5(4-6)7(10)8(11)12;2*9-6-4-2-1-3-5(6)7(10)8(11)12;9-7-3-1-2-6(4-7)8(11)5-10;2*9-6-3-1-2-5(4-6)7(10)8(11)12/h2-5,9,11H,1H3;2*2-5,8,10H,1H3,(H,11,12);2*1-4,8,11H;4*1-4,7,10H,(H,11,12);1-4,8,11H;2*1-4,7,10H,(H,11,12)/t;2*8-;;;4*7-;;2*7-/m.10..1010.10/s1. The number of nitrogens with zero attached hydrogens (tertiary/aromatic N) is 4. The summed E-state index contributed by atoms with van der Waals surface area (Å²) in [6, 6.07) is 87.5. The molecule has 0 aliphatic rings. The maximum atomic E-state index is 10.4. The van der Waals surface area contributed by atoms with Crippen molar-refractivity contribution >= 4 is 178 Å². The van der Waals surface area contributed by atoms with Crippen LogP contribution in [-0.4, -0.2) is 150 Å². The first-order chi connectivity index (χ1) is 65.9. The van der Waals surface area contributed by atoms with Crippen molar-refractivity contribution in [3.63, 3.8) is 0 Å². The number of aliphatic hydroxyl groups excluding tert-OH is 12. The molecule has 0 aliphatic carbocycles. The van der Waals surface area contributed by atoms with Crippen LogP contribution in [0.15, 0.2) is 318 Å². The maximum Gasteiger partial charge on any atom is 0.337 e. The zero-order valence-electron chi connectivity index (χ0n) is 73.0. The number of benzene rings is 12. The van der Waals surface area contributed by atoms with Crippen molar-refractivity contribution in [2.24, 2.45) is 0 Å². The summed E-state index contributed by atoms with van der Waals surface area (Å²) in [6.45, 7) is 5.40. The molecule has 0 bridgehead atoms. The van der Waals surface area contributed by atoms with Crippen LogP contribution in [0.2, 0.25) is 15.1 Å². The third-order valence-corrected chi connectivity index (χ3v) is 21.7. The number of carboxylic acid groups (broad SMARTS) is 8. The van der Waals surface area contributed by atoms with Gasteiger partial charge in [-0.3, -0.25) is 0 Å². The van der Waals surface area contributed by atoms with Gasteiger partial charge in [-0.2, -0.15) is 21.0 Å². The van der Waals surface area contributed by atoms with Crippen LogP contribution in [-0.2, 0) is 38.4 Å². The molecule has 12 rings (SSSR count). The second-order valence-electron chi connectivity index (χ2n) is 27.5. The van der Waals surface area contributed by atoms with Crippen LogP contribution in [0.5, 0.6) is 0 Å². The molecule has 0 amide bonds. The summed E-state index contributed by atoms with van der Waals surface area (Å²) in [5, 5.41) is 212. The highest BCUT2D eigenvalue weighted by Crippen LogP contribution is 2.29. The van der Waals surface area contributed by atoms with Crippen molar-refractivity contribution in [1.82, 2.24) is 0 Å². The number of aliphatic carboxylic acids is 8. The number of rotatable bonds is 20. The lowest BCUT2D eigenvalue weighted by molar-refractivity contribution is -0.147. The van der Waals surface area contributed by atoms with E-state index >= 15 is 0 Å². The van der Waals surface area contributed by atoms with Crippen LogP contribution in [0.4, 0.5) is 0 Å². The summed E-state index contributed by atoms with van der Waals surface area (Å²) >= 11 is 35.9. The number of aliphatic hydroxyl groups is 12. The van der Waals surface area contributed by atoms with Gasteiger partial charge in [0.2, 0.25) is 0 Å². The Labute approximate surface area is 867 Å². The quantitative estimate of drug-likeness (QED) is 0.0315. The fourth-order valence-electron chi connectivity index (χ4n) is 10.2. The molecule has 0 saturated carbocycles. The van der Waals surface area contributed by atoms with Gasteiger partial charge in [-0.1, -0.05) is 331 Å². The van der Waals surface area contributed by atoms with Crippen molar-refractivity contribution in [2.75, 3.05) is 0 Å². The SMILES string of the molecule is Cc1ccccc1C(O)C#N.Cc1ccccc1[C@@H](O)C(=O)O.Cc1ccccc1[C@H](O)C(=O)O.N#CC(O)c1cccc(Br)c1.N#CC(O)c1cccc(Cl)c1.N#CC(O)c1ccccc1Br.O=C(O)[C@@H](O)c1cccc(Br)c1.O=C(O)[C@@H](O)c1cccc(Cl)c1.O=C(O)[C@@H](O)c1ccccc1Br.O=C(O)[C@H](O)c1cccc(Br)c1.O=C(O)[C@H](O)c1cccc(Cl)c1.O=C(O)[C@H](O)c1ccccc1Br. The molecule has 20 N–H and O–H groups in total. The van der Waals surface area contributed by atoms with E-state index in [0.29, 0.717) is 79.6 Å². The Morgan fingerprint density at radius 3 is 0.643 bits per heavy atom. The fourth-order valence-corrected chi connectivity index (χ4v) is 13.6. The number of carboxylic acids is 8. The number of halogens is 9. The molecular formula is C99H89Br6Cl3N4O28. The van der Waals surface area contributed by atoms with E-state index < -0.39 is 121 Å². The summed E-state index contributed by atoms with van der Waals surface area (Å²) in [5.41, 5.74) is 7.90. The zero-order valence-corrected chi connectivity index (χ0v) is 84.8. The second-order valence-corrected chi connectivity index (χ2v) is 34.1. The molecule has 32 nitrogen and oxygen atoms in total. The van der Waals surface area contributed by atoms with E-state index in [2.05, 4.69) is 95.6 Å². The Morgan fingerprint density at radius 2 is 0.407 bits per heavy atom. The van der Waals surface area contributed by atoms with Crippen molar-refractivity contribution in [3.05, 3.63) is 417 Å². The second kappa shape index (κ2) is 67.8. The van der Waals surface area contributed by atoms with E-state index in [1.54, 1.807) is 275 Å². The van der Waals surface area contributed by atoms with Gasteiger partial charge in [-0.05, 0) is 179 Å². The van der Waals surface area contributed by atoms with E-state index in [0.717, 1.165) is 34.6 Å². The van der Waals surface area contributed by atoms with E-state index in [1.165, 1.54) is 24.3 Å². The first-order valence-corrected chi connectivity index (χ1v) is 45.3. The molecule has 0 saturated heterocycles. The highest BCUT2D eigenvalue weighted by molar-refractivity contribution is 9.11. The maximum absolute atomic E-state index is 10.4. The van der Waals surface area contributed by atoms with Crippen molar-refractivity contribution in [1.29, 1.82) is 21.0 Å². The molecule has 41 heteroatoms. The van der Waals surface area contributed by atoms with E-state index in [4.69, 9.17) is 148 Å². The Bertz CT molecular complexity index is 5590.